The lowest BCUT2D eigenvalue weighted by Gasteiger charge is -2.46. The number of piperidine rings is 2. The third-order valence-corrected chi connectivity index (χ3v) is 8.74. The predicted molar refractivity (Wildman–Crippen MR) is 159 cm³/mol. The number of amides is 2. The summed E-state index contributed by atoms with van der Waals surface area (Å²) in [5, 5.41) is 25.9. The molecule has 1 aromatic heterocycles. The molecule has 2 amide bonds. The number of nitrogens with one attached hydrogen (secondary N) is 1. The highest BCUT2D eigenvalue weighted by atomic mass is 16.3. The number of benzene rings is 2. The highest BCUT2D eigenvalue weighted by Gasteiger charge is 2.41. The first-order chi connectivity index (χ1) is 20.4. The van der Waals surface area contributed by atoms with Gasteiger partial charge in [0, 0.05) is 63.9 Å². The van der Waals surface area contributed by atoms with Crippen molar-refractivity contribution in [3.05, 3.63) is 77.5 Å². The fraction of sp³-hybridized carbons (Fsp3) is 0.438. The first-order valence-electron chi connectivity index (χ1n) is 14.8. The zero-order valence-corrected chi connectivity index (χ0v) is 23.9. The minimum absolute atomic E-state index is 0.0768. The van der Waals surface area contributed by atoms with Gasteiger partial charge in [-0.1, -0.05) is 54.6 Å². The molecule has 3 aromatic rings. The summed E-state index contributed by atoms with van der Waals surface area (Å²) in [5.74, 6) is 0.682. The SMILES string of the molecule is CC(=O)N1CCC(Nc2cc(C(=O)N3C[C@@H](O)C(N4CCc5ccccc5C4)[C@@H](O)C3)nc(-c3ccccc3)n2)CC1. The van der Waals surface area contributed by atoms with E-state index in [1.54, 1.807) is 13.0 Å². The molecule has 0 saturated carbocycles. The van der Waals surface area contributed by atoms with Crippen molar-refractivity contribution in [3.8, 4) is 11.4 Å². The number of anilines is 1. The lowest BCUT2D eigenvalue weighted by atomic mass is 9.92. The fourth-order valence-electron chi connectivity index (χ4n) is 6.48. The van der Waals surface area contributed by atoms with Crippen LogP contribution in [0.25, 0.3) is 11.4 Å². The first kappa shape index (κ1) is 28.3. The minimum atomic E-state index is -0.901. The normalized spacial score (nSPS) is 23.4. The summed E-state index contributed by atoms with van der Waals surface area (Å²) in [5.41, 5.74) is 3.50. The van der Waals surface area contributed by atoms with E-state index in [4.69, 9.17) is 4.98 Å². The summed E-state index contributed by atoms with van der Waals surface area (Å²) in [6.45, 7) is 4.55. The average molecular weight is 571 g/mol. The lowest BCUT2D eigenvalue weighted by molar-refractivity contribution is -0.129. The zero-order chi connectivity index (χ0) is 29.2. The Morgan fingerprint density at radius 3 is 2.21 bits per heavy atom. The fourth-order valence-corrected chi connectivity index (χ4v) is 6.48. The van der Waals surface area contributed by atoms with E-state index in [1.807, 2.05) is 47.4 Å². The van der Waals surface area contributed by atoms with Crippen molar-refractivity contribution in [1.82, 2.24) is 24.7 Å². The Kier molecular flexibility index (Phi) is 8.19. The van der Waals surface area contributed by atoms with Crippen LogP contribution in [0.15, 0.2) is 60.7 Å². The average Bonchev–Trinajstić information content (AvgIpc) is 3.01. The number of aliphatic hydroxyl groups is 2. The summed E-state index contributed by atoms with van der Waals surface area (Å²) in [4.78, 5) is 40.4. The Morgan fingerprint density at radius 2 is 1.52 bits per heavy atom. The molecule has 2 saturated heterocycles. The van der Waals surface area contributed by atoms with E-state index in [0.717, 1.165) is 31.4 Å². The molecule has 4 heterocycles. The zero-order valence-electron chi connectivity index (χ0n) is 23.9. The van der Waals surface area contributed by atoms with Gasteiger partial charge in [-0.25, -0.2) is 9.97 Å². The molecular weight excluding hydrogens is 532 g/mol. The smallest absolute Gasteiger partial charge is 0.272 e. The Bertz CT molecular complexity index is 1420. The van der Waals surface area contributed by atoms with E-state index < -0.39 is 18.2 Å². The maximum Gasteiger partial charge on any atom is 0.272 e. The topological polar surface area (TPSA) is 122 Å². The molecule has 6 rings (SSSR count). The van der Waals surface area contributed by atoms with Gasteiger partial charge in [-0.05, 0) is 30.4 Å². The molecule has 42 heavy (non-hydrogen) atoms. The number of aromatic nitrogens is 2. The third kappa shape index (κ3) is 6.01. The molecule has 10 heteroatoms. The van der Waals surface area contributed by atoms with Crippen molar-refractivity contribution in [3.63, 3.8) is 0 Å². The van der Waals surface area contributed by atoms with Gasteiger partial charge < -0.3 is 25.3 Å². The number of likely N-dealkylation sites (tertiary alicyclic amines) is 2. The first-order valence-corrected chi connectivity index (χ1v) is 14.8. The number of nitrogens with zero attached hydrogens (tertiary/aromatic N) is 5. The summed E-state index contributed by atoms with van der Waals surface area (Å²) < 4.78 is 0. The van der Waals surface area contributed by atoms with E-state index in [1.165, 1.54) is 16.0 Å². The van der Waals surface area contributed by atoms with Crippen LogP contribution in [0.2, 0.25) is 0 Å². The molecule has 3 aliphatic rings. The van der Waals surface area contributed by atoms with Crippen LogP contribution in [0.3, 0.4) is 0 Å². The van der Waals surface area contributed by atoms with Crippen LogP contribution in [0.1, 0.15) is 41.4 Å². The van der Waals surface area contributed by atoms with Crippen molar-refractivity contribution in [2.45, 2.75) is 57.0 Å². The molecule has 3 atom stereocenters. The van der Waals surface area contributed by atoms with Crippen LogP contribution in [-0.4, -0.2) is 104 Å². The van der Waals surface area contributed by atoms with Gasteiger partial charge in [0.1, 0.15) is 11.5 Å². The second-order valence-corrected chi connectivity index (χ2v) is 11.6. The number of hydrogen-bond acceptors (Lipinski definition) is 8. The Balaban J connectivity index is 1.19. The quantitative estimate of drug-likeness (QED) is 0.427. The molecule has 2 aromatic carbocycles. The number of fused-ring (bicyclic) bond motifs is 1. The van der Waals surface area contributed by atoms with Gasteiger partial charge in [0.15, 0.2) is 5.82 Å². The van der Waals surface area contributed by atoms with Gasteiger partial charge in [-0.2, -0.15) is 0 Å². The van der Waals surface area contributed by atoms with E-state index in [0.29, 0.717) is 31.3 Å². The molecule has 1 unspecified atom stereocenters. The van der Waals surface area contributed by atoms with E-state index >= 15 is 0 Å². The van der Waals surface area contributed by atoms with Gasteiger partial charge in [-0.15, -0.1) is 0 Å². The van der Waals surface area contributed by atoms with Crippen LogP contribution in [0.5, 0.6) is 0 Å². The van der Waals surface area contributed by atoms with Crippen molar-refractivity contribution in [1.29, 1.82) is 0 Å². The number of β-amino-alcohol motifs (C(OH)–C–C–N with tert-alkyl or cyclic N) is 2. The van der Waals surface area contributed by atoms with Gasteiger partial charge in [0.05, 0.1) is 18.2 Å². The molecule has 0 radical (unpaired) electrons. The second-order valence-electron chi connectivity index (χ2n) is 11.6. The number of hydrogen-bond donors (Lipinski definition) is 3. The minimum Gasteiger partial charge on any atom is -0.390 e. The van der Waals surface area contributed by atoms with Gasteiger partial charge in [0.25, 0.3) is 5.91 Å². The molecule has 0 spiro atoms. The Hall–Kier alpha value is -3.86. The summed E-state index contributed by atoms with van der Waals surface area (Å²) >= 11 is 0. The number of aliphatic hydroxyl groups excluding tert-OH is 2. The third-order valence-electron chi connectivity index (χ3n) is 8.74. The number of carbonyl (C=O) groups excluding carboxylic acids is 2. The summed E-state index contributed by atoms with van der Waals surface area (Å²) in [6.07, 6.45) is 0.618. The van der Waals surface area contributed by atoms with Gasteiger partial charge >= 0.3 is 0 Å². The number of rotatable bonds is 5. The van der Waals surface area contributed by atoms with Crippen molar-refractivity contribution < 1.29 is 19.8 Å². The monoisotopic (exact) mass is 570 g/mol. The highest BCUT2D eigenvalue weighted by molar-refractivity contribution is 5.93. The lowest BCUT2D eigenvalue weighted by Crippen LogP contribution is -2.63. The van der Waals surface area contributed by atoms with Gasteiger partial charge in [-0.3, -0.25) is 14.5 Å². The molecule has 3 aliphatic heterocycles. The van der Waals surface area contributed by atoms with Crippen molar-refractivity contribution >= 4 is 17.6 Å². The molecule has 220 valence electrons. The maximum atomic E-state index is 13.8. The van der Waals surface area contributed by atoms with Crippen LogP contribution < -0.4 is 5.32 Å². The van der Waals surface area contributed by atoms with Crippen LogP contribution in [0.4, 0.5) is 5.82 Å². The molecule has 3 N–H and O–H groups in total. The van der Waals surface area contributed by atoms with Crippen LogP contribution >= 0.6 is 0 Å². The predicted octanol–water partition coefficient (Wildman–Crippen LogP) is 2.17. The van der Waals surface area contributed by atoms with Crippen molar-refractivity contribution in [2.75, 3.05) is 38.0 Å². The molecule has 10 nitrogen and oxygen atoms in total. The highest BCUT2D eigenvalue weighted by Crippen LogP contribution is 2.27. The Labute approximate surface area is 246 Å². The summed E-state index contributed by atoms with van der Waals surface area (Å²) in [7, 11) is 0. The van der Waals surface area contributed by atoms with E-state index in [9.17, 15) is 19.8 Å². The molecular formula is C32H38N6O4. The summed E-state index contributed by atoms with van der Waals surface area (Å²) in [6, 6.07) is 19.1. The van der Waals surface area contributed by atoms with Crippen LogP contribution in [-0.2, 0) is 17.8 Å². The maximum absolute atomic E-state index is 13.8. The van der Waals surface area contributed by atoms with E-state index in [2.05, 4.69) is 27.3 Å². The van der Waals surface area contributed by atoms with Crippen molar-refractivity contribution in [2.24, 2.45) is 0 Å². The van der Waals surface area contributed by atoms with Gasteiger partial charge in [0.2, 0.25) is 5.91 Å². The molecule has 0 bridgehead atoms. The number of carbonyl (C=O) groups is 2. The standard InChI is InChI=1S/C32H38N6O4/c1-21(39)36-15-12-25(13-16-36)33-29-17-26(34-31(35-29)23-8-3-2-4-9-23)32(42)38-19-27(40)30(28(41)20-38)37-14-11-22-7-5-6-10-24(22)18-37/h2-10,17,25,27-28,30,40-41H,11-16,18-20H2,1H3,(H,33,34,35)/t27-,28+,30?. The Morgan fingerprint density at radius 1 is 0.857 bits per heavy atom. The van der Waals surface area contributed by atoms with E-state index in [-0.39, 0.29) is 36.6 Å². The molecule has 2 fully saturated rings. The molecule has 0 aliphatic carbocycles. The second kappa shape index (κ2) is 12.2. The largest absolute Gasteiger partial charge is 0.390 e. The van der Waals surface area contributed by atoms with Crippen LogP contribution in [0, 0.1) is 0 Å².